The zero-order valence-electron chi connectivity index (χ0n) is 14.0. The second-order valence-corrected chi connectivity index (χ2v) is 6.17. The minimum Gasteiger partial charge on any atom is -0.489 e. The Kier molecular flexibility index (Phi) is 5.80. The predicted octanol–water partition coefficient (Wildman–Crippen LogP) is 2.24. The number of pyridine rings is 1. The largest absolute Gasteiger partial charge is 0.489 e. The van der Waals surface area contributed by atoms with Gasteiger partial charge in [0.15, 0.2) is 0 Å². The Balaban J connectivity index is 1.67. The number of hydrogen-bond donors (Lipinski definition) is 1. The zero-order valence-corrected chi connectivity index (χ0v) is 14.0. The summed E-state index contributed by atoms with van der Waals surface area (Å²) in [6.45, 7) is 4.86. The average molecular weight is 328 g/mol. The molecule has 2 heterocycles. The third-order valence-electron chi connectivity index (χ3n) is 4.30. The fourth-order valence-corrected chi connectivity index (χ4v) is 2.84. The van der Waals surface area contributed by atoms with Gasteiger partial charge >= 0.3 is 0 Å². The molecule has 1 aromatic carbocycles. The Labute approximate surface area is 142 Å². The van der Waals surface area contributed by atoms with E-state index in [1.165, 1.54) is 0 Å². The van der Waals surface area contributed by atoms with E-state index in [1.807, 2.05) is 36.5 Å². The molecule has 128 valence electrons. The molecule has 0 amide bonds. The second kappa shape index (κ2) is 8.24. The summed E-state index contributed by atoms with van der Waals surface area (Å²) in [4.78, 5) is 6.44. The van der Waals surface area contributed by atoms with Crippen molar-refractivity contribution < 1.29 is 14.6 Å². The normalized spacial score (nSPS) is 21.6. The van der Waals surface area contributed by atoms with Gasteiger partial charge in [-0.1, -0.05) is 24.3 Å². The summed E-state index contributed by atoms with van der Waals surface area (Å²) in [7, 11) is 0. The molecule has 2 aromatic rings. The number of nitrogens with zero attached hydrogens (tertiary/aromatic N) is 2. The second-order valence-electron chi connectivity index (χ2n) is 6.17. The fraction of sp³-hybridized carbons (Fsp3) is 0.421. The Bertz CT molecular complexity index is 636. The minimum absolute atomic E-state index is 0.0579. The molecule has 0 unspecified atom stereocenters. The molecule has 1 N–H and O–H groups in total. The summed E-state index contributed by atoms with van der Waals surface area (Å²) >= 11 is 0. The van der Waals surface area contributed by atoms with E-state index < -0.39 is 0 Å². The topological polar surface area (TPSA) is 54.8 Å². The molecule has 0 bridgehead atoms. The van der Waals surface area contributed by atoms with Crippen LogP contribution in [0.3, 0.4) is 0 Å². The van der Waals surface area contributed by atoms with Gasteiger partial charge in [0, 0.05) is 42.7 Å². The van der Waals surface area contributed by atoms with E-state index in [4.69, 9.17) is 9.47 Å². The van der Waals surface area contributed by atoms with Gasteiger partial charge in [-0.3, -0.25) is 9.88 Å². The third kappa shape index (κ3) is 4.32. The molecule has 5 heteroatoms. The van der Waals surface area contributed by atoms with Crippen molar-refractivity contribution >= 4 is 0 Å². The van der Waals surface area contributed by atoms with E-state index in [9.17, 15) is 5.11 Å². The molecule has 1 aliphatic rings. The van der Waals surface area contributed by atoms with E-state index in [0.29, 0.717) is 19.3 Å². The maximum Gasteiger partial charge on any atom is 0.124 e. The van der Waals surface area contributed by atoms with Crippen molar-refractivity contribution in [1.82, 2.24) is 9.88 Å². The molecule has 1 fully saturated rings. The number of aliphatic hydroxyl groups excluding tert-OH is 1. The van der Waals surface area contributed by atoms with E-state index in [1.54, 1.807) is 6.20 Å². The number of aliphatic hydroxyl groups is 1. The molecule has 2 atom stereocenters. The van der Waals surface area contributed by atoms with Gasteiger partial charge in [0.1, 0.15) is 12.4 Å². The first-order chi connectivity index (χ1) is 11.8. The van der Waals surface area contributed by atoms with Crippen LogP contribution in [-0.4, -0.2) is 46.9 Å². The highest BCUT2D eigenvalue weighted by molar-refractivity contribution is 5.33. The van der Waals surface area contributed by atoms with Crippen LogP contribution in [0.5, 0.6) is 5.75 Å². The van der Waals surface area contributed by atoms with Crippen molar-refractivity contribution in [2.24, 2.45) is 0 Å². The van der Waals surface area contributed by atoms with Crippen LogP contribution in [0.25, 0.3) is 0 Å². The molecular formula is C19H24N2O3. The first kappa shape index (κ1) is 16.9. The summed E-state index contributed by atoms with van der Waals surface area (Å²) in [5.74, 6) is 0.889. The highest BCUT2D eigenvalue weighted by atomic mass is 16.5. The molecular weight excluding hydrogens is 304 g/mol. The minimum atomic E-state index is -0.107. The maximum absolute atomic E-state index is 9.34. The molecule has 0 saturated carbocycles. The van der Waals surface area contributed by atoms with Gasteiger partial charge in [-0.2, -0.15) is 0 Å². The summed E-state index contributed by atoms with van der Waals surface area (Å²) in [6.07, 6.45) is 3.47. The molecule has 3 rings (SSSR count). The Hall–Kier alpha value is -1.95. The number of hydrogen-bond acceptors (Lipinski definition) is 5. The van der Waals surface area contributed by atoms with Crippen LogP contribution < -0.4 is 4.74 Å². The quantitative estimate of drug-likeness (QED) is 0.881. The fourth-order valence-electron chi connectivity index (χ4n) is 2.84. The molecule has 1 aromatic heterocycles. The van der Waals surface area contributed by atoms with Gasteiger partial charge in [-0.15, -0.1) is 0 Å². The molecule has 0 aliphatic carbocycles. The van der Waals surface area contributed by atoms with Crippen LogP contribution in [0, 0.1) is 0 Å². The van der Waals surface area contributed by atoms with Crippen LogP contribution in [0.15, 0.2) is 48.8 Å². The molecule has 1 saturated heterocycles. The SMILES string of the molecule is C[C@H]1CO[C@H](CO)CN1Cc1ccccc1OCc1cccnc1. The van der Waals surface area contributed by atoms with Gasteiger partial charge in [-0.05, 0) is 19.1 Å². The van der Waals surface area contributed by atoms with Crippen LogP contribution in [0.2, 0.25) is 0 Å². The lowest BCUT2D eigenvalue weighted by atomic mass is 10.1. The van der Waals surface area contributed by atoms with Crippen molar-refractivity contribution in [3.8, 4) is 5.75 Å². The summed E-state index contributed by atoms with van der Waals surface area (Å²) < 4.78 is 11.6. The lowest BCUT2D eigenvalue weighted by Crippen LogP contribution is -2.48. The van der Waals surface area contributed by atoms with Crippen LogP contribution >= 0.6 is 0 Å². The van der Waals surface area contributed by atoms with Crippen LogP contribution in [0.4, 0.5) is 0 Å². The van der Waals surface area contributed by atoms with Crippen LogP contribution in [-0.2, 0) is 17.9 Å². The number of ether oxygens (including phenoxy) is 2. The van der Waals surface area contributed by atoms with E-state index in [0.717, 1.165) is 30.0 Å². The number of aromatic nitrogens is 1. The van der Waals surface area contributed by atoms with E-state index in [2.05, 4.69) is 22.9 Å². The third-order valence-corrected chi connectivity index (χ3v) is 4.30. The highest BCUT2D eigenvalue weighted by Gasteiger charge is 2.26. The van der Waals surface area contributed by atoms with Gasteiger partial charge in [0.25, 0.3) is 0 Å². The number of morpholine rings is 1. The Morgan fingerprint density at radius 1 is 1.29 bits per heavy atom. The molecule has 1 aliphatic heterocycles. The lowest BCUT2D eigenvalue weighted by Gasteiger charge is -2.37. The van der Waals surface area contributed by atoms with Crippen molar-refractivity contribution in [2.75, 3.05) is 19.8 Å². The molecule has 5 nitrogen and oxygen atoms in total. The van der Waals surface area contributed by atoms with Gasteiger partial charge in [0.05, 0.1) is 19.3 Å². The van der Waals surface area contributed by atoms with E-state index in [-0.39, 0.29) is 12.7 Å². The van der Waals surface area contributed by atoms with E-state index >= 15 is 0 Å². The molecule has 24 heavy (non-hydrogen) atoms. The number of rotatable bonds is 6. The lowest BCUT2D eigenvalue weighted by molar-refractivity contribution is -0.0807. The maximum atomic E-state index is 9.34. The monoisotopic (exact) mass is 328 g/mol. The first-order valence-corrected chi connectivity index (χ1v) is 8.32. The zero-order chi connectivity index (χ0) is 16.8. The Morgan fingerprint density at radius 3 is 2.96 bits per heavy atom. The summed E-state index contributed by atoms with van der Waals surface area (Å²) in [5.41, 5.74) is 2.19. The molecule has 0 radical (unpaired) electrons. The van der Waals surface area contributed by atoms with Crippen molar-refractivity contribution in [3.05, 3.63) is 59.9 Å². The summed E-state index contributed by atoms with van der Waals surface area (Å²) in [5, 5.41) is 9.34. The smallest absolute Gasteiger partial charge is 0.124 e. The van der Waals surface area contributed by atoms with Crippen molar-refractivity contribution in [2.45, 2.75) is 32.2 Å². The average Bonchev–Trinajstić information content (AvgIpc) is 2.63. The van der Waals surface area contributed by atoms with Crippen LogP contribution in [0.1, 0.15) is 18.1 Å². The molecule has 0 spiro atoms. The Morgan fingerprint density at radius 2 is 2.17 bits per heavy atom. The van der Waals surface area contributed by atoms with Gasteiger partial charge in [-0.25, -0.2) is 0 Å². The van der Waals surface area contributed by atoms with Gasteiger partial charge < -0.3 is 14.6 Å². The summed E-state index contributed by atoms with van der Waals surface area (Å²) in [6, 6.07) is 12.3. The standard InChI is InChI=1S/C19H24N2O3/c1-15-13-23-18(12-22)11-21(15)10-17-6-2-3-7-19(17)24-14-16-5-4-8-20-9-16/h2-9,15,18,22H,10-14H2,1H3/t15-,18-/m0/s1. The number of para-hydroxylation sites is 1. The predicted molar refractivity (Wildman–Crippen MR) is 91.7 cm³/mol. The van der Waals surface area contributed by atoms with Crippen molar-refractivity contribution in [1.29, 1.82) is 0 Å². The van der Waals surface area contributed by atoms with Gasteiger partial charge in [0.2, 0.25) is 0 Å². The van der Waals surface area contributed by atoms with Crippen molar-refractivity contribution in [3.63, 3.8) is 0 Å². The number of benzene rings is 1. The first-order valence-electron chi connectivity index (χ1n) is 8.32. The highest BCUT2D eigenvalue weighted by Crippen LogP contribution is 2.23.